The van der Waals surface area contributed by atoms with Gasteiger partial charge in [0.2, 0.25) is 0 Å². The Labute approximate surface area is 172 Å². The summed E-state index contributed by atoms with van der Waals surface area (Å²) in [6.07, 6.45) is 4.87. The molecule has 5 heteroatoms. The number of hydrogen-bond donors (Lipinski definition) is 0. The highest BCUT2D eigenvalue weighted by atomic mass is 35.5. The van der Waals surface area contributed by atoms with Gasteiger partial charge in [-0.25, -0.2) is 0 Å². The van der Waals surface area contributed by atoms with Gasteiger partial charge in [-0.1, -0.05) is 30.7 Å². The van der Waals surface area contributed by atoms with Crippen molar-refractivity contribution in [2.24, 2.45) is 11.8 Å². The SMILES string of the molecule is CC1CCN(CC2CCCN(C(=O)c3ccc(-c4ccccc4Cl)o3)C2)CC1. The molecule has 1 amide bonds. The summed E-state index contributed by atoms with van der Waals surface area (Å²) in [5.74, 6) is 2.46. The standard InChI is InChI=1S/C23H29ClN2O2/c1-17-10-13-25(14-11-17)15-18-5-4-12-26(16-18)23(27)22-9-8-21(28-22)19-6-2-3-7-20(19)24/h2-3,6-9,17-18H,4-5,10-16H2,1H3. The third kappa shape index (κ3) is 4.44. The summed E-state index contributed by atoms with van der Waals surface area (Å²) < 4.78 is 5.88. The van der Waals surface area contributed by atoms with Gasteiger partial charge in [0.05, 0.1) is 5.02 Å². The molecule has 2 aliphatic heterocycles. The van der Waals surface area contributed by atoms with Crippen LogP contribution in [0.4, 0.5) is 0 Å². The lowest BCUT2D eigenvalue weighted by molar-refractivity contribution is 0.0593. The zero-order valence-corrected chi connectivity index (χ0v) is 17.3. The molecule has 0 bridgehead atoms. The fraction of sp³-hybridized carbons (Fsp3) is 0.522. The van der Waals surface area contributed by atoms with E-state index in [4.69, 9.17) is 16.0 Å². The zero-order valence-electron chi connectivity index (χ0n) is 16.6. The van der Waals surface area contributed by atoms with Gasteiger partial charge in [0.1, 0.15) is 5.76 Å². The number of carbonyl (C=O) groups is 1. The second-order valence-electron chi connectivity index (χ2n) is 8.39. The van der Waals surface area contributed by atoms with Crippen LogP contribution in [0.5, 0.6) is 0 Å². The van der Waals surface area contributed by atoms with Crippen LogP contribution in [-0.2, 0) is 0 Å². The molecule has 1 unspecified atom stereocenters. The average molecular weight is 401 g/mol. The van der Waals surface area contributed by atoms with E-state index >= 15 is 0 Å². The molecule has 1 aromatic carbocycles. The quantitative estimate of drug-likeness (QED) is 0.709. The molecule has 2 saturated heterocycles. The first-order valence-corrected chi connectivity index (χ1v) is 10.8. The van der Waals surface area contributed by atoms with Gasteiger partial charge in [-0.15, -0.1) is 0 Å². The van der Waals surface area contributed by atoms with Crippen molar-refractivity contribution in [1.82, 2.24) is 9.80 Å². The molecule has 0 N–H and O–H groups in total. The van der Waals surface area contributed by atoms with Crippen molar-refractivity contribution < 1.29 is 9.21 Å². The van der Waals surface area contributed by atoms with Gasteiger partial charge in [0.25, 0.3) is 5.91 Å². The van der Waals surface area contributed by atoms with Crippen LogP contribution in [0.15, 0.2) is 40.8 Å². The number of nitrogens with zero attached hydrogens (tertiary/aromatic N) is 2. The average Bonchev–Trinajstić information content (AvgIpc) is 3.20. The fourth-order valence-corrected chi connectivity index (χ4v) is 4.65. The molecule has 3 heterocycles. The summed E-state index contributed by atoms with van der Waals surface area (Å²) in [5, 5.41) is 0.629. The Morgan fingerprint density at radius 3 is 2.68 bits per heavy atom. The molecule has 0 radical (unpaired) electrons. The normalized spacial score (nSPS) is 21.8. The maximum Gasteiger partial charge on any atom is 0.289 e. The van der Waals surface area contributed by atoms with Crippen LogP contribution >= 0.6 is 11.6 Å². The Morgan fingerprint density at radius 1 is 1.11 bits per heavy atom. The maximum absolute atomic E-state index is 13.0. The molecule has 0 saturated carbocycles. The Kier molecular flexibility index (Phi) is 6.07. The second-order valence-corrected chi connectivity index (χ2v) is 8.79. The molecule has 2 aromatic rings. The van der Waals surface area contributed by atoms with E-state index in [9.17, 15) is 4.79 Å². The Bertz CT molecular complexity index is 810. The van der Waals surface area contributed by atoms with Gasteiger partial charge in [0.15, 0.2) is 5.76 Å². The first kappa shape index (κ1) is 19.5. The summed E-state index contributed by atoms with van der Waals surface area (Å²) in [6.45, 7) is 7.50. The molecule has 2 aliphatic rings. The van der Waals surface area contributed by atoms with Crippen molar-refractivity contribution in [2.45, 2.75) is 32.6 Å². The highest BCUT2D eigenvalue weighted by Gasteiger charge is 2.28. The van der Waals surface area contributed by atoms with Crippen LogP contribution in [0.2, 0.25) is 5.02 Å². The molecular weight excluding hydrogens is 372 g/mol. The van der Waals surface area contributed by atoms with Crippen LogP contribution in [0.3, 0.4) is 0 Å². The van der Waals surface area contributed by atoms with Crippen molar-refractivity contribution in [1.29, 1.82) is 0 Å². The van der Waals surface area contributed by atoms with Crippen molar-refractivity contribution in [3.05, 3.63) is 47.2 Å². The lowest BCUT2D eigenvalue weighted by Gasteiger charge is -2.37. The summed E-state index contributed by atoms with van der Waals surface area (Å²) >= 11 is 6.26. The van der Waals surface area contributed by atoms with E-state index < -0.39 is 0 Å². The molecule has 1 atom stereocenters. The Morgan fingerprint density at radius 2 is 1.89 bits per heavy atom. The summed E-state index contributed by atoms with van der Waals surface area (Å²) in [6, 6.07) is 11.2. The number of carbonyl (C=O) groups excluding carboxylic acids is 1. The van der Waals surface area contributed by atoms with E-state index in [1.807, 2.05) is 35.2 Å². The lowest BCUT2D eigenvalue weighted by atomic mass is 9.94. The minimum atomic E-state index is -0.00438. The lowest BCUT2D eigenvalue weighted by Crippen LogP contribution is -2.45. The second kappa shape index (κ2) is 8.71. The summed E-state index contributed by atoms with van der Waals surface area (Å²) in [5.41, 5.74) is 0.819. The predicted molar refractivity (Wildman–Crippen MR) is 113 cm³/mol. The van der Waals surface area contributed by atoms with E-state index in [0.717, 1.165) is 37.5 Å². The number of piperidine rings is 2. The van der Waals surface area contributed by atoms with Crippen molar-refractivity contribution in [3.8, 4) is 11.3 Å². The minimum absolute atomic E-state index is 0.00438. The molecule has 2 fully saturated rings. The van der Waals surface area contributed by atoms with Crippen molar-refractivity contribution in [3.63, 3.8) is 0 Å². The van der Waals surface area contributed by atoms with Gasteiger partial charge >= 0.3 is 0 Å². The van der Waals surface area contributed by atoms with Crippen molar-refractivity contribution >= 4 is 17.5 Å². The van der Waals surface area contributed by atoms with Crippen LogP contribution in [0.25, 0.3) is 11.3 Å². The van der Waals surface area contributed by atoms with Gasteiger partial charge in [0, 0.05) is 25.2 Å². The highest BCUT2D eigenvalue weighted by molar-refractivity contribution is 6.33. The number of hydrogen-bond acceptors (Lipinski definition) is 3. The molecule has 1 aromatic heterocycles. The third-order valence-corrected chi connectivity index (χ3v) is 6.48. The summed E-state index contributed by atoms with van der Waals surface area (Å²) in [7, 11) is 0. The van der Waals surface area contributed by atoms with Gasteiger partial charge < -0.3 is 14.2 Å². The number of furan rings is 1. The molecule has 4 rings (SSSR count). The first-order chi connectivity index (χ1) is 13.6. The maximum atomic E-state index is 13.0. The molecular formula is C23H29ClN2O2. The molecule has 0 spiro atoms. The van der Waals surface area contributed by atoms with Gasteiger partial charge in [-0.3, -0.25) is 4.79 Å². The molecule has 28 heavy (non-hydrogen) atoms. The number of amides is 1. The Hall–Kier alpha value is -1.78. The van der Waals surface area contributed by atoms with E-state index in [1.165, 1.54) is 32.4 Å². The first-order valence-electron chi connectivity index (χ1n) is 10.5. The van der Waals surface area contributed by atoms with Crippen LogP contribution in [-0.4, -0.2) is 48.4 Å². The van der Waals surface area contributed by atoms with E-state index in [0.29, 0.717) is 22.5 Å². The zero-order chi connectivity index (χ0) is 19.5. The number of rotatable bonds is 4. The third-order valence-electron chi connectivity index (χ3n) is 6.15. The molecule has 0 aliphatic carbocycles. The molecule has 4 nitrogen and oxygen atoms in total. The fourth-order valence-electron chi connectivity index (χ4n) is 4.42. The van der Waals surface area contributed by atoms with Crippen molar-refractivity contribution in [2.75, 3.05) is 32.7 Å². The van der Waals surface area contributed by atoms with E-state index in [2.05, 4.69) is 11.8 Å². The Balaban J connectivity index is 1.39. The smallest absolute Gasteiger partial charge is 0.289 e. The van der Waals surface area contributed by atoms with Gasteiger partial charge in [-0.2, -0.15) is 0 Å². The van der Waals surface area contributed by atoms with Gasteiger partial charge in [-0.05, 0) is 74.9 Å². The summed E-state index contributed by atoms with van der Waals surface area (Å²) in [4.78, 5) is 17.5. The number of halogens is 1. The highest BCUT2D eigenvalue weighted by Crippen LogP contribution is 2.30. The predicted octanol–water partition coefficient (Wildman–Crippen LogP) is 5.18. The monoisotopic (exact) mass is 400 g/mol. The molecule has 150 valence electrons. The van der Waals surface area contributed by atoms with Crippen LogP contribution in [0, 0.1) is 11.8 Å². The van der Waals surface area contributed by atoms with E-state index in [-0.39, 0.29) is 5.91 Å². The van der Waals surface area contributed by atoms with Crippen LogP contribution < -0.4 is 0 Å². The number of benzene rings is 1. The topological polar surface area (TPSA) is 36.7 Å². The van der Waals surface area contributed by atoms with Crippen LogP contribution in [0.1, 0.15) is 43.2 Å². The van der Waals surface area contributed by atoms with E-state index in [1.54, 1.807) is 6.07 Å². The minimum Gasteiger partial charge on any atom is -0.451 e. The number of likely N-dealkylation sites (tertiary alicyclic amines) is 2. The largest absolute Gasteiger partial charge is 0.451 e.